The Balaban J connectivity index is 1.80. The van der Waals surface area contributed by atoms with E-state index in [9.17, 15) is 13.2 Å². The second-order valence-electron chi connectivity index (χ2n) is 6.92. The summed E-state index contributed by atoms with van der Waals surface area (Å²) in [5, 5.41) is 0. The summed E-state index contributed by atoms with van der Waals surface area (Å²) in [5.74, 6) is -0.534. The van der Waals surface area contributed by atoms with Crippen molar-refractivity contribution in [2.24, 2.45) is 0 Å². The summed E-state index contributed by atoms with van der Waals surface area (Å²) in [6, 6.07) is 18.5. The summed E-state index contributed by atoms with van der Waals surface area (Å²) in [5.41, 5.74) is 2.03. The van der Waals surface area contributed by atoms with Crippen LogP contribution in [0.2, 0.25) is 0 Å². The van der Waals surface area contributed by atoms with E-state index in [-0.39, 0.29) is 12.3 Å². The molecule has 1 fully saturated rings. The van der Waals surface area contributed by atoms with Crippen LogP contribution in [0.3, 0.4) is 0 Å². The molecule has 7 heteroatoms. The highest BCUT2D eigenvalue weighted by Gasteiger charge is 2.39. The fourth-order valence-corrected chi connectivity index (χ4v) is 5.03. The maximum absolute atomic E-state index is 12.9. The number of ether oxygens (including phenoxy) is 1. The molecule has 6 nitrogen and oxygen atoms in total. The molecule has 1 atom stereocenters. The number of nitrogens with zero attached hydrogens (tertiary/aromatic N) is 2. The van der Waals surface area contributed by atoms with Crippen molar-refractivity contribution in [2.75, 3.05) is 32.5 Å². The monoisotopic (exact) mass is 402 g/mol. The van der Waals surface area contributed by atoms with Crippen molar-refractivity contribution >= 4 is 16.0 Å². The Morgan fingerprint density at radius 3 is 2.25 bits per heavy atom. The zero-order valence-electron chi connectivity index (χ0n) is 16.0. The molecule has 0 N–H and O–H groups in total. The number of carbonyl (C=O) groups excluding carboxylic acids is 1. The van der Waals surface area contributed by atoms with Crippen molar-refractivity contribution in [3.8, 4) is 0 Å². The molecule has 0 aliphatic carbocycles. The van der Waals surface area contributed by atoms with Crippen molar-refractivity contribution in [2.45, 2.75) is 19.0 Å². The van der Waals surface area contributed by atoms with Crippen LogP contribution < -0.4 is 0 Å². The number of benzene rings is 2. The normalized spacial score (nSPS) is 20.4. The molecule has 2 aromatic carbocycles. The van der Waals surface area contributed by atoms with Crippen LogP contribution in [-0.4, -0.2) is 62.1 Å². The highest BCUT2D eigenvalue weighted by atomic mass is 32.2. The third-order valence-electron chi connectivity index (χ3n) is 5.02. The lowest BCUT2D eigenvalue weighted by atomic mass is 10.1. The fourth-order valence-electron chi connectivity index (χ4n) is 3.42. The van der Waals surface area contributed by atoms with Crippen LogP contribution in [-0.2, 0) is 32.5 Å². The predicted octanol–water partition coefficient (Wildman–Crippen LogP) is 1.92. The fraction of sp³-hybridized carbons (Fsp3) is 0.381. The minimum absolute atomic E-state index is 0.0118. The molecule has 2 aromatic rings. The van der Waals surface area contributed by atoms with E-state index in [0.717, 1.165) is 12.0 Å². The summed E-state index contributed by atoms with van der Waals surface area (Å²) in [4.78, 5) is 14.5. The summed E-state index contributed by atoms with van der Waals surface area (Å²) >= 11 is 0. The molecular formula is C21H26N2O4S. The molecule has 1 saturated heterocycles. The number of esters is 1. The number of sulfonamides is 1. The Bertz CT molecular complexity index is 872. The molecule has 0 aromatic heterocycles. The van der Waals surface area contributed by atoms with Crippen LogP contribution in [0.1, 0.15) is 11.1 Å². The number of carbonyl (C=O) groups is 1. The summed E-state index contributed by atoms with van der Waals surface area (Å²) in [7, 11) is -2.29. The average Bonchev–Trinajstić information content (AvgIpc) is 2.84. The van der Waals surface area contributed by atoms with Gasteiger partial charge in [-0.25, -0.2) is 8.42 Å². The van der Waals surface area contributed by atoms with Crippen molar-refractivity contribution in [1.82, 2.24) is 9.21 Å². The Labute approximate surface area is 166 Å². The van der Waals surface area contributed by atoms with Gasteiger partial charge >= 0.3 is 5.97 Å². The maximum atomic E-state index is 12.9. The Kier molecular flexibility index (Phi) is 6.83. The lowest BCUT2D eigenvalue weighted by Gasteiger charge is -2.28. The standard InChI is InChI=1S/C21H26N2O4S/c1-27-21(24)20-17-22(13-12-18-8-4-2-5-9-18)14-15-28(25,26)23(20)16-19-10-6-3-7-11-19/h2-11,20H,12-17H2,1H3. The first-order chi connectivity index (χ1) is 13.5. The van der Waals surface area contributed by atoms with Crippen LogP contribution in [0.5, 0.6) is 0 Å². The predicted molar refractivity (Wildman–Crippen MR) is 108 cm³/mol. The van der Waals surface area contributed by atoms with E-state index in [2.05, 4.69) is 0 Å². The first-order valence-corrected chi connectivity index (χ1v) is 11.0. The van der Waals surface area contributed by atoms with Gasteiger partial charge in [0.15, 0.2) is 0 Å². The van der Waals surface area contributed by atoms with E-state index in [1.54, 1.807) is 0 Å². The quantitative estimate of drug-likeness (QED) is 0.691. The van der Waals surface area contributed by atoms with Crippen LogP contribution in [0, 0.1) is 0 Å². The van der Waals surface area contributed by atoms with Crippen LogP contribution in [0.15, 0.2) is 60.7 Å². The van der Waals surface area contributed by atoms with E-state index in [0.29, 0.717) is 19.6 Å². The molecule has 0 saturated carbocycles. The third kappa shape index (κ3) is 5.19. The SMILES string of the molecule is COC(=O)C1CN(CCc2ccccc2)CCS(=O)(=O)N1Cc1ccccc1. The average molecular weight is 403 g/mol. The van der Waals surface area contributed by atoms with E-state index in [1.165, 1.54) is 17.0 Å². The maximum Gasteiger partial charge on any atom is 0.325 e. The van der Waals surface area contributed by atoms with E-state index in [4.69, 9.17) is 4.74 Å². The van der Waals surface area contributed by atoms with Gasteiger partial charge in [0, 0.05) is 26.2 Å². The second-order valence-corrected chi connectivity index (χ2v) is 8.96. The molecular weight excluding hydrogens is 376 g/mol. The second kappa shape index (κ2) is 9.32. The van der Waals surface area contributed by atoms with Gasteiger partial charge in [-0.1, -0.05) is 60.7 Å². The van der Waals surface area contributed by atoms with Crippen molar-refractivity contribution in [1.29, 1.82) is 0 Å². The first-order valence-electron chi connectivity index (χ1n) is 9.37. The number of methoxy groups -OCH3 is 1. The van der Waals surface area contributed by atoms with Gasteiger partial charge in [0.25, 0.3) is 0 Å². The van der Waals surface area contributed by atoms with E-state index < -0.39 is 22.0 Å². The topological polar surface area (TPSA) is 66.9 Å². The largest absolute Gasteiger partial charge is 0.468 e. The Morgan fingerprint density at radius 1 is 1.04 bits per heavy atom. The van der Waals surface area contributed by atoms with E-state index >= 15 is 0 Å². The molecule has 28 heavy (non-hydrogen) atoms. The summed E-state index contributed by atoms with van der Waals surface area (Å²) < 4.78 is 32.1. The van der Waals surface area contributed by atoms with Crippen molar-refractivity contribution < 1.29 is 17.9 Å². The summed E-state index contributed by atoms with van der Waals surface area (Å²) in [6.45, 7) is 1.57. The lowest BCUT2D eigenvalue weighted by molar-refractivity contribution is -0.145. The van der Waals surface area contributed by atoms with Gasteiger partial charge in [-0.3, -0.25) is 9.69 Å². The van der Waals surface area contributed by atoms with Gasteiger partial charge in [0.1, 0.15) is 6.04 Å². The van der Waals surface area contributed by atoms with Gasteiger partial charge in [0.05, 0.1) is 12.9 Å². The van der Waals surface area contributed by atoms with Crippen LogP contribution in [0.4, 0.5) is 0 Å². The smallest absolute Gasteiger partial charge is 0.325 e. The highest BCUT2D eigenvalue weighted by molar-refractivity contribution is 7.89. The minimum atomic E-state index is -3.59. The molecule has 0 spiro atoms. The molecule has 0 bridgehead atoms. The molecule has 1 aliphatic heterocycles. The molecule has 1 aliphatic rings. The van der Waals surface area contributed by atoms with Gasteiger partial charge in [-0.15, -0.1) is 0 Å². The highest BCUT2D eigenvalue weighted by Crippen LogP contribution is 2.20. The van der Waals surface area contributed by atoms with Crippen molar-refractivity contribution in [3.05, 3.63) is 71.8 Å². The first kappa shape index (κ1) is 20.5. The Morgan fingerprint density at radius 2 is 1.64 bits per heavy atom. The third-order valence-corrected chi connectivity index (χ3v) is 6.81. The number of hydrogen-bond donors (Lipinski definition) is 0. The van der Waals surface area contributed by atoms with Crippen LogP contribution >= 0.6 is 0 Å². The molecule has 3 rings (SSSR count). The Hall–Kier alpha value is -2.22. The zero-order valence-corrected chi connectivity index (χ0v) is 16.8. The number of rotatable bonds is 6. The zero-order chi connectivity index (χ0) is 20.0. The minimum Gasteiger partial charge on any atom is -0.468 e. The molecule has 0 radical (unpaired) electrons. The van der Waals surface area contributed by atoms with Gasteiger partial charge in [-0.05, 0) is 17.5 Å². The van der Waals surface area contributed by atoms with Gasteiger partial charge in [-0.2, -0.15) is 4.31 Å². The molecule has 150 valence electrons. The van der Waals surface area contributed by atoms with Gasteiger partial charge < -0.3 is 4.74 Å². The number of hydrogen-bond acceptors (Lipinski definition) is 5. The molecule has 1 heterocycles. The van der Waals surface area contributed by atoms with Gasteiger partial charge in [0.2, 0.25) is 10.0 Å². The molecule has 1 unspecified atom stereocenters. The summed E-state index contributed by atoms with van der Waals surface area (Å²) in [6.07, 6.45) is 0.799. The van der Waals surface area contributed by atoms with E-state index in [1.807, 2.05) is 65.6 Å². The lowest BCUT2D eigenvalue weighted by Crippen LogP contribution is -2.48. The van der Waals surface area contributed by atoms with Crippen LogP contribution in [0.25, 0.3) is 0 Å². The molecule has 0 amide bonds. The van der Waals surface area contributed by atoms with Crippen molar-refractivity contribution in [3.63, 3.8) is 0 Å².